The van der Waals surface area contributed by atoms with Crippen LogP contribution in [0.15, 0.2) is 12.1 Å². The molecule has 0 heterocycles. The number of carbonyl (C=O) groups is 4. The fourth-order valence-corrected chi connectivity index (χ4v) is 2.05. The maximum absolute atomic E-state index is 12.2. The van der Waals surface area contributed by atoms with Crippen molar-refractivity contribution in [3.05, 3.63) is 62.1 Å². The van der Waals surface area contributed by atoms with Crippen LogP contribution in [0.2, 0.25) is 0 Å². The minimum atomic E-state index is -0.956. The van der Waals surface area contributed by atoms with Crippen LogP contribution < -0.4 is 16.0 Å². The van der Waals surface area contributed by atoms with Crippen LogP contribution in [-0.2, 0) is 4.74 Å². The van der Waals surface area contributed by atoms with Gasteiger partial charge in [0.25, 0.3) is 17.7 Å². The van der Waals surface area contributed by atoms with E-state index in [0.29, 0.717) is 0 Å². The van der Waals surface area contributed by atoms with Crippen LogP contribution in [0.3, 0.4) is 0 Å². The summed E-state index contributed by atoms with van der Waals surface area (Å²) in [4.78, 5) is 48.8. The van der Waals surface area contributed by atoms with Crippen LogP contribution in [0.25, 0.3) is 0 Å². The van der Waals surface area contributed by atoms with Crippen molar-refractivity contribution in [3.63, 3.8) is 0 Å². The van der Waals surface area contributed by atoms with E-state index in [1.807, 2.05) is 0 Å². The highest BCUT2D eigenvalue weighted by molar-refractivity contribution is 6.13. The van der Waals surface area contributed by atoms with E-state index in [4.69, 9.17) is 32.4 Å². The van der Waals surface area contributed by atoms with Gasteiger partial charge in [0.15, 0.2) is 0 Å². The highest BCUT2D eigenvalue weighted by atomic mass is 16.5. The first-order chi connectivity index (χ1) is 12.4. The summed E-state index contributed by atoms with van der Waals surface area (Å²) in [5.41, 5.74) is -0.879. The molecule has 3 amide bonds. The summed E-state index contributed by atoms with van der Waals surface area (Å²) in [7, 11) is 0. The minimum absolute atomic E-state index is 0.187. The Morgan fingerprint density at radius 1 is 0.692 bits per heavy atom. The van der Waals surface area contributed by atoms with Gasteiger partial charge >= 0.3 is 5.97 Å². The summed E-state index contributed by atoms with van der Waals surface area (Å²) >= 11 is 0. The van der Waals surface area contributed by atoms with Crippen LogP contribution in [0, 0.1) is 27.7 Å². The molecule has 0 aliphatic carbocycles. The second-order valence-electron chi connectivity index (χ2n) is 4.67. The summed E-state index contributed by atoms with van der Waals surface area (Å²) in [6, 6.07) is 2.11. The van der Waals surface area contributed by atoms with Gasteiger partial charge in [-0.25, -0.2) is 4.79 Å². The number of amides is 3. The molecule has 8 heteroatoms. The normalized spacial score (nSPS) is 10.0. The van der Waals surface area contributed by atoms with Gasteiger partial charge in [0.05, 0.1) is 28.9 Å². The van der Waals surface area contributed by atoms with Crippen LogP contribution in [0.1, 0.15) is 41.4 Å². The molecule has 0 fully saturated rings. The first-order valence-corrected chi connectivity index (χ1v) is 7.41. The molecule has 8 nitrogen and oxygen atoms in total. The van der Waals surface area contributed by atoms with E-state index >= 15 is 0 Å². The van der Waals surface area contributed by atoms with Gasteiger partial charge < -0.3 is 20.7 Å². The van der Waals surface area contributed by atoms with Crippen LogP contribution >= 0.6 is 0 Å². The summed E-state index contributed by atoms with van der Waals surface area (Å²) in [5.74, 6) is -3.16. The van der Waals surface area contributed by atoms with E-state index < -0.39 is 30.3 Å². The van der Waals surface area contributed by atoms with E-state index in [1.54, 1.807) is 0 Å². The molecule has 0 saturated heterocycles. The Kier molecular flexibility index (Phi) is 8.27. The fraction of sp³-hybridized carbons (Fsp3) is 0.222. The molecular weight excluding hydrogens is 338 g/mol. The monoisotopic (exact) mass is 355 g/mol. The molecule has 0 bridgehead atoms. The standard InChI is InChI=1S/C18H17N3O5/c1-5-19-15(22)11-9-13(17(24)21-7-3)14(18(25)26-8-4)10-12(11)16(23)20-6-2/h1-4,9-10H,5-8H2,(H,19,22)(H,20,23)(H,21,24). The van der Waals surface area contributed by atoms with Crippen molar-refractivity contribution in [3.8, 4) is 0 Å². The smallest absolute Gasteiger partial charge is 0.338 e. The van der Waals surface area contributed by atoms with Crippen LogP contribution in [0.4, 0.5) is 0 Å². The highest BCUT2D eigenvalue weighted by Gasteiger charge is 2.26. The van der Waals surface area contributed by atoms with E-state index in [2.05, 4.69) is 16.0 Å². The summed E-state index contributed by atoms with van der Waals surface area (Å²) in [6.07, 6.45) is 0. The molecule has 0 unspecified atom stereocenters. The van der Waals surface area contributed by atoms with Crippen molar-refractivity contribution < 1.29 is 23.9 Å². The molecule has 8 radical (unpaired) electrons. The molecule has 0 aliphatic rings. The zero-order valence-corrected chi connectivity index (χ0v) is 13.8. The minimum Gasteiger partial charge on any atom is -0.462 e. The maximum Gasteiger partial charge on any atom is 0.338 e. The summed E-state index contributed by atoms with van der Waals surface area (Å²) in [5, 5.41) is 6.90. The lowest BCUT2D eigenvalue weighted by atomic mass is 9.96. The van der Waals surface area contributed by atoms with Gasteiger partial charge in [0.1, 0.15) is 0 Å². The number of hydrogen-bond acceptors (Lipinski definition) is 5. The van der Waals surface area contributed by atoms with Crippen molar-refractivity contribution in [2.24, 2.45) is 0 Å². The van der Waals surface area contributed by atoms with Crippen LogP contribution in [0.5, 0.6) is 0 Å². The second-order valence-corrected chi connectivity index (χ2v) is 4.67. The molecular formula is C18H17N3O5. The van der Waals surface area contributed by atoms with Crippen molar-refractivity contribution in [1.29, 1.82) is 0 Å². The zero-order chi connectivity index (χ0) is 19.7. The van der Waals surface area contributed by atoms with E-state index in [0.717, 1.165) is 12.1 Å². The Bertz CT molecular complexity index is 586. The van der Waals surface area contributed by atoms with Gasteiger partial charge in [-0.2, -0.15) is 0 Å². The van der Waals surface area contributed by atoms with Gasteiger partial charge in [0.2, 0.25) is 0 Å². The lowest BCUT2D eigenvalue weighted by Gasteiger charge is -2.15. The van der Waals surface area contributed by atoms with Crippen molar-refractivity contribution >= 4 is 23.7 Å². The molecule has 0 atom stereocenters. The van der Waals surface area contributed by atoms with Gasteiger partial charge in [-0.1, -0.05) is 0 Å². The molecule has 1 aromatic carbocycles. The molecule has 134 valence electrons. The predicted molar refractivity (Wildman–Crippen MR) is 90.9 cm³/mol. The Hall–Kier alpha value is -2.90. The van der Waals surface area contributed by atoms with Gasteiger partial charge in [0, 0.05) is 26.6 Å². The quantitative estimate of drug-likeness (QED) is 0.563. The van der Waals surface area contributed by atoms with E-state index in [1.165, 1.54) is 0 Å². The van der Waals surface area contributed by atoms with Gasteiger partial charge in [-0.15, -0.1) is 0 Å². The van der Waals surface area contributed by atoms with Gasteiger partial charge in [-0.05, 0) is 32.9 Å². The fourth-order valence-electron chi connectivity index (χ4n) is 2.05. The molecule has 0 saturated carbocycles. The summed E-state index contributed by atoms with van der Waals surface area (Å²) in [6.45, 7) is 19.9. The Balaban J connectivity index is 3.63. The second kappa shape index (κ2) is 10.2. The van der Waals surface area contributed by atoms with Crippen molar-refractivity contribution in [2.45, 2.75) is 0 Å². The summed E-state index contributed by atoms with van der Waals surface area (Å²) < 4.78 is 4.69. The maximum atomic E-state index is 12.2. The number of benzene rings is 1. The molecule has 1 rings (SSSR count). The average Bonchev–Trinajstić information content (AvgIpc) is 2.61. The number of nitrogens with one attached hydrogen (secondary N) is 3. The van der Waals surface area contributed by atoms with Gasteiger partial charge in [-0.3, -0.25) is 14.4 Å². The number of esters is 1. The van der Waals surface area contributed by atoms with E-state index in [9.17, 15) is 19.2 Å². The van der Waals surface area contributed by atoms with Crippen molar-refractivity contribution in [1.82, 2.24) is 16.0 Å². The zero-order valence-electron chi connectivity index (χ0n) is 13.8. The molecule has 0 aliphatic heterocycles. The molecule has 0 aromatic heterocycles. The SMILES string of the molecule is [CH]CNC(=O)c1cc(C(=O)NC[CH])c(C(=O)OC[CH])cc1C(=O)NC[CH]. The third-order valence-electron chi connectivity index (χ3n) is 3.11. The Morgan fingerprint density at radius 3 is 1.38 bits per heavy atom. The Morgan fingerprint density at radius 2 is 1.04 bits per heavy atom. The number of carbonyl (C=O) groups excluding carboxylic acids is 4. The third-order valence-corrected chi connectivity index (χ3v) is 3.11. The Labute approximate surface area is 152 Å². The topological polar surface area (TPSA) is 114 Å². The highest BCUT2D eigenvalue weighted by Crippen LogP contribution is 2.19. The predicted octanol–water partition coefficient (Wildman–Crippen LogP) is -0.123. The van der Waals surface area contributed by atoms with Crippen molar-refractivity contribution in [2.75, 3.05) is 26.2 Å². The number of rotatable bonds is 8. The molecule has 0 spiro atoms. The average molecular weight is 355 g/mol. The lowest BCUT2D eigenvalue weighted by Crippen LogP contribution is -2.32. The first-order valence-electron chi connectivity index (χ1n) is 7.41. The molecule has 26 heavy (non-hydrogen) atoms. The largest absolute Gasteiger partial charge is 0.462 e. The lowest BCUT2D eigenvalue weighted by molar-refractivity contribution is 0.0543. The number of hydrogen-bond donors (Lipinski definition) is 3. The number of ether oxygens (including phenoxy) is 1. The molecule has 3 N–H and O–H groups in total. The van der Waals surface area contributed by atoms with E-state index in [-0.39, 0.29) is 41.9 Å². The third kappa shape index (κ3) is 5.05. The molecule has 1 aromatic rings. The first kappa shape index (κ1) is 21.1. The van der Waals surface area contributed by atoms with Crippen LogP contribution in [-0.4, -0.2) is 49.9 Å².